The zero-order valence-electron chi connectivity index (χ0n) is 14.0. The summed E-state index contributed by atoms with van der Waals surface area (Å²) in [6.07, 6.45) is -0.281. The number of alkyl halides is 3. The van der Waals surface area contributed by atoms with Gasteiger partial charge in [0, 0.05) is 19.3 Å². The van der Waals surface area contributed by atoms with Crippen LogP contribution in [-0.4, -0.2) is 42.0 Å². The fourth-order valence-corrected chi connectivity index (χ4v) is 4.58. The van der Waals surface area contributed by atoms with E-state index in [1.54, 1.807) is 10.9 Å². The molecule has 1 aliphatic heterocycles. The van der Waals surface area contributed by atoms with Crippen molar-refractivity contribution in [1.82, 2.24) is 14.1 Å². The number of hydrogen-bond donors (Lipinski definition) is 0. The maximum Gasteiger partial charge on any atom is 0.573 e. The third-order valence-electron chi connectivity index (χ3n) is 4.22. The predicted molar refractivity (Wildman–Crippen MR) is 87.1 cm³/mol. The van der Waals surface area contributed by atoms with Gasteiger partial charge in [0.2, 0.25) is 10.0 Å². The molecule has 0 atom stereocenters. The SMILES string of the molecule is Cc1cnn(C2CCN(S(=O)(=O)c3ccccc3OC(F)(F)F)CC2)c1. The van der Waals surface area contributed by atoms with Crippen LogP contribution in [0.3, 0.4) is 0 Å². The first kappa shape index (κ1) is 18.7. The first-order chi connectivity index (χ1) is 12.2. The van der Waals surface area contributed by atoms with Crippen LogP contribution in [0.1, 0.15) is 24.4 Å². The van der Waals surface area contributed by atoms with Gasteiger partial charge < -0.3 is 4.74 Å². The molecular formula is C16H18F3N3O3S. The van der Waals surface area contributed by atoms with Gasteiger partial charge in [-0.2, -0.15) is 9.40 Å². The summed E-state index contributed by atoms with van der Waals surface area (Å²) in [6.45, 7) is 2.32. The second-order valence-corrected chi connectivity index (χ2v) is 8.03. The van der Waals surface area contributed by atoms with Gasteiger partial charge in [-0.1, -0.05) is 12.1 Å². The summed E-state index contributed by atoms with van der Waals surface area (Å²) in [6, 6.07) is 4.86. The van der Waals surface area contributed by atoms with Crippen LogP contribution in [0.4, 0.5) is 13.2 Å². The molecule has 0 radical (unpaired) electrons. The summed E-state index contributed by atoms with van der Waals surface area (Å²) in [7, 11) is -4.09. The highest BCUT2D eigenvalue weighted by Gasteiger charge is 2.36. The van der Waals surface area contributed by atoms with Gasteiger partial charge in [0.25, 0.3) is 0 Å². The van der Waals surface area contributed by atoms with Crippen molar-refractivity contribution in [3.63, 3.8) is 0 Å². The highest BCUT2D eigenvalue weighted by atomic mass is 32.2. The van der Waals surface area contributed by atoms with E-state index in [0.717, 1.165) is 17.7 Å². The number of sulfonamides is 1. The Bertz CT molecular complexity index is 872. The van der Waals surface area contributed by atoms with E-state index in [9.17, 15) is 21.6 Å². The minimum absolute atomic E-state index is 0.0665. The number of hydrogen-bond acceptors (Lipinski definition) is 4. The van der Waals surface area contributed by atoms with E-state index < -0.39 is 27.0 Å². The van der Waals surface area contributed by atoms with Crippen molar-refractivity contribution in [1.29, 1.82) is 0 Å². The molecule has 0 N–H and O–H groups in total. The normalized spacial score (nSPS) is 17.4. The molecule has 1 saturated heterocycles. The molecule has 0 saturated carbocycles. The van der Waals surface area contributed by atoms with Gasteiger partial charge in [0.05, 0.1) is 12.2 Å². The molecule has 1 aromatic heterocycles. The van der Waals surface area contributed by atoms with Crippen LogP contribution >= 0.6 is 0 Å². The van der Waals surface area contributed by atoms with Gasteiger partial charge in [-0.15, -0.1) is 13.2 Å². The van der Waals surface area contributed by atoms with Crippen molar-refractivity contribution in [3.8, 4) is 5.75 Å². The molecule has 0 aliphatic carbocycles. The maximum atomic E-state index is 12.8. The van der Waals surface area contributed by atoms with Crippen molar-refractivity contribution in [2.45, 2.75) is 37.1 Å². The molecular weight excluding hydrogens is 371 g/mol. The van der Waals surface area contributed by atoms with Crippen LogP contribution in [-0.2, 0) is 10.0 Å². The number of benzene rings is 1. The average molecular weight is 389 g/mol. The number of halogens is 3. The molecule has 1 aliphatic rings. The smallest absolute Gasteiger partial charge is 0.404 e. The average Bonchev–Trinajstić information content (AvgIpc) is 3.00. The molecule has 142 valence electrons. The van der Waals surface area contributed by atoms with E-state index in [0.29, 0.717) is 12.8 Å². The highest BCUT2D eigenvalue weighted by Crippen LogP contribution is 2.33. The molecule has 1 fully saturated rings. The van der Waals surface area contributed by atoms with Crippen LogP contribution in [0, 0.1) is 6.92 Å². The number of piperidine rings is 1. The lowest BCUT2D eigenvalue weighted by Gasteiger charge is -2.31. The Morgan fingerprint density at radius 3 is 2.42 bits per heavy atom. The summed E-state index contributed by atoms with van der Waals surface area (Å²) >= 11 is 0. The molecule has 0 bridgehead atoms. The summed E-state index contributed by atoms with van der Waals surface area (Å²) < 4.78 is 70.1. The monoisotopic (exact) mass is 389 g/mol. The van der Waals surface area contributed by atoms with E-state index in [-0.39, 0.29) is 19.1 Å². The van der Waals surface area contributed by atoms with Gasteiger partial charge in [0.1, 0.15) is 10.6 Å². The van der Waals surface area contributed by atoms with E-state index >= 15 is 0 Å². The standard InChI is InChI=1S/C16H18F3N3O3S/c1-12-10-20-22(11-12)13-6-8-21(9-7-13)26(23,24)15-5-3-2-4-14(15)25-16(17,18)19/h2-5,10-11,13H,6-9H2,1H3. The summed E-state index contributed by atoms with van der Waals surface area (Å²) in [5.41, 5.74) is 1.01. The summed E-state index contributed by atoms with van der Waals surface area (Å²) in [5, 5.41) is 4.24. The maximum absolute atomic E-state index is 12.8. The Labute approximate surface area is 149 Å². The topological polar surface area (TPSA) is 64.4 Å². The molecule has 1 aromatic carbocycles. The fourth-order valence-electron chi connectivity index (χ4n) is 2.99. The van der Waals surface area contributed by atoms with Crippen molar-refractivity contribution < 1.29 is 26.3 Å². The Hall–Kier alpha value is -2.07. The number of nitrogens with zero attached hydrogens (tertiary/aromatic N) is 3. The van der Waals surface area contributed by atoms with Gasteiger partial charge >= 0.3 is 6.36 Å². The van der Waals surface area contributed by atoms with Gasteiger partial charge in [-0.05, 0) is 37.5 Å². The highest BCUT2D eigenvalue weighted by molar-refractivity contribution is 7.89. The first-order valence-corrected chi connectivity index (χ1v) is 9.46. The number of aromatic nitrogens is 2. The Kier molecular flexibility index (Phi) is 4.98. The van der Waals surface area contributed by atoms with Crippen LogP contribution in [0.5, 0.6) is 5.75 Å². The first-order valence-electron chi connectivity index (χ1n) is 8.02. The molecule has 2 aromatic rings. The van der Waals surface area contributed by atoms with Gasteiger partial charge in [-0.25, -0.2) is 8.42 Å². The lowest BCUT2D eigenvalue weighted by molar-refractivity contribution is -0.275. The summed E-state index contributed by atoms with van der Waals surface area (Å²) in [4.78, 5) is -0.481. The summed E-state index contributed by atoms with van der Waals surface area (Å²) in [5.74, 6) is -0.718. The van der Waals surface area contributed by atoms with Crippen molar-refractivity contribution >= 4 is 10.0 Å². The molecule has 10 heteroatoms. The quantitative estimate of drug-likeness (QED) is 0.806. The molecule has 3 rings (SSSR count). The molecule has 0 spiro atoms. The van der Waals surface area contributed by atoms with Gasteiger partial charge in [-0.3, -0.25) is 4.68 Å². The van der Waals surface area contributed by atoms with Crippen molar-refractivity contribution in [2.24, 2.45) is 0 Å². The minimum atomic E-state index is -4.96. The van der Waals surface area contributed by atoms with E-state index in [1.165, 1.54) is 16.4 Å². The molecule has 2 heterocycles. The molecule has 0 unspecified atom stereocenters. The molecule has 6 nitrogen and oxygen atoms in total. The number of aryl methyl sites for hydroxylation is 1. The number of rotatable bonds is 4. The van der Waals surface area contributed by atoms with Crippen molar-refractivity contribution in [2.75, 3.05) is 13.1 Å². The minimum Gasteiger partial charge on any atom is -0.404 e. The van der Waals surface area contributed by atoms with Crippen molar-refractivity contribution in [3.05, 3.63) is 42.2 Å². The third-order valence-corrected chi connectivity index (χ3v) is 6.16. The fraction of sp³-hybridized carbons (Fsp3) is 0.438. The van der Waals surface area contributed by atoms with Gasteiger partial charge in [0.15, 0.2) is 0 Å². The molecule has 26 heavy (non-hydrogen) atoms. The lowest BCUT2D eigenvalue weighted by atomic mass is 10.1. The van der Waals surface area contributed by atoms with Crippen LogP contribution in [0.15, 0.2) is 41.6 Å². The Morgan fingerprint density at radius 2 is 1.85 bits per heavy atom. The van der Waals surface area contributed by atoms with E-state index in [2.05, 4.69) is 9.84 Å². The number of para-hydroxylation sites is 1. The second-order valence-electron chi connectivity index (χ2n) is 6.13. The van der Waals surface area contributed by atoms with E-state index in [4.69, 9.17) is 0 Å². The van der Waals surface area contributed by atoms with E-state index in [1.807, 2.05) is 13.1 Å². The van der Waals surface area contributed by atoms with Crippen LogP contribution < -0.4 is 4.74 Å². The second kappa shape index (κ2) is 6.92. The molecule has 0 amide bonds. The van der Waals surface area contributed by atoms with Crippen LogP contribution in [0.25, 0.3) is 0 Å². The predicted octanol–water partition coefficient (Wildman–Crippen LogP) is 3.12. The zero-order valence-corrected chi connectivity index (χ0v) is 14.8. The lowest BCUT2D eigenvalue weighted by Crippen LogP contribution is -2.39. The largest absolute Gasteiger partial charge is 0.573 e. The number of ether oxygens (including phenoxy) is 1. The zero-order chi connectivity index (χ0) is 18.9. The Morgan fingerprint density at radius 1 is 1.19 bits per heavy atom. The Balaban J connectivity index is 1.78. The third kappa shape index (κ3) is 4.01. The van der Waals surface area contributed by atoms with Crippen LogP contribution in [0.2, 0.25) is 0 Å².